The van der Waals surface area contributed by atoms with Crippen LogP contribution < -0.4 is 4.74 Å². The number of methoxy groups -OCH3 is 1. The minimum Gasteiger partial charge on any atom is -0.497 e. The highest BCUT2D eigenvalue weighted by molar-refractivity contribution is 5.27. The lowest BCUT2D eigenvalue weighted by atomic mass is 10.1. The molecule has 2 heteroatoms. The van der Waals surface area contributed by atoms with Crippen molar-refractivity contribution in [3.8, 4) is 5.75 Å². The quantitative estimate of drug-likeness (QED) is 0.649. The van der Waals surface area contributed by atoms with Crippen LogP contribution in [0.4, 0.5) is 0 Å². The van der Waals surface area contributed by atoms with E-state index in [9.17, 15) is 0 Å². The van der Waals surface area contributed by atoms with Gasteiger partial charge in [0.25, 0.3) is 0 Å². The zero-order valence-electron chi connectivity index (χ0n) is 11.9. The van der Waals surface area contributed by atoms with Crippen molar-refractivity contribution in [3.63, 3.8) is 0 Å². The molecule has 0 unspecified atom stereocenters. The van der Waals surface area contributed by atoms with Crippen LogP contribution in [0.2, 0.25) is 0 Å². The van der Waals surface area contributed by atoms with Gasteiger partial charge in [0.05, 0.1) is 7.11 Å². The maximum absolute atomic E-state index is 5.17. The molecule has 1 rings (SSSR count). The molecule has 2 nitrogen and oxygen atoms in total. The maximum Gasteiger partial charge on any atom is 0.118 e. The molecule has 0 spiro atoms. The molecule has 1 aromatic rings. The molecule has 18 heavy (non-hydrogen) atoms. The van der Waals surface area contributed by atoms with E-state index in [0.717, 1.165) is 31.3 Å². The lowest BCUT2D eigenvalue weighted by Gasteiger charge is -2.21. The Labute approximate surface area is 111 Å². The Morgan fingerprint density at radius 2 is 1.94 bits per heavy atom. The van der Waals surface area contributed by atoms with Crippen molar-refractivity contribution in [1.82, 2.24) is 4.90 Å². The summed E-state index contributed by atoms with van der Waals surface area (Å²) >= 11 is 0. The van der Waals surface area contributed by atoms with Gasteiger partial charge in [-0.1, -0.05) is 32.1 Å². The van der Waals surface area contributed by atoms with Gasteiger partial charge in [-0.15, -0.1) is 6.58 Å². The third kappa shape index (κ3) is 5.37. The Morgan fingerprint density at radius 3 is 2.44 bits per heavy atom. The van der Waals surface area contributed by atoms with Gasteiger partial charge in [-0.05, 0) is 36.6 Å². The molecule has 0 aliphatic heterocycles. The van der Waals surface area contributed by atoms with E-state index in [1.165, 1.54) is 12.0 Å². The van der Waals surface area contributed by atoms with Crippen molar-refractivity contribution in [1.29, 1.82) is 0 Å². The van der Waals surface area contributed by atoms with Crippen LogP contribution in [-0.4, -0.2) is 25.1 Å². The number of rotatable bonds is 8. The molecule has 0 saturated carbocycles. The van der Waals surface area contributed by atoms with Crippen LogP contribution in [0.3, 0.4) is 0 Å². The van der Waals surface area contributed by atoms with E-state index in [1.807, 2.05) is 18.2 Å². The zero-order valence-corrected chi connectivity index (χ0v) is 11.9. The first-order chi connectivity index (χ1) is 8.65. The second kappa shape index (κ2) is 7.93. The van der Waals surface area contributed by atoms with Crippen LogP contribution in [0.25, 0.3) is 0 Å². The van der Waals surface area contributed by atoms with Crippen LogP contribution >= 0.6 is 0 Å². The molecule has 0 saturated heterocycles. The van der Waals surface area contributed by atoms with E-state index in [4.69, 9.17) is 4.74 Å². The minimum atomic E-state index is 0.744. The number of hydrogen-bond acceptors (Lipinski definition) is 2. The second-order valence-corrected chi connectivity index (χ2v) is 5.05. The van der Waals surface area contributed by atoms with Crippen LogP contribution in [0.15, 0.2) is 36.9 Å². The lowest BCUT2D eigenvalue weighted by molar-refractivity contribution is 0.275. The molecule has 0 bridgehead atoms. The van der Waals surface area contributed by atoms with Crippen molar-refractivity contribution in [2.24, 2.45) is 5.92 Å². The summed E-state index contributed by atoms with van der Waals surface area (Å²) in [6.45, 7) is 11.4. The molecule has 0 aliphatic rings. The van der Waals surface area contributed by atoms with Crippen LogP contribution in [0.1, 0.15) is 25.8 Å². The fraction of sp³-hybridized carbons (Fsp3) is 0.500. The molecule has 0 aliphatic carbocycles. The fourth-order valence-corrected chi connectivity index (χ4v) is 1.85. The summed E-state index contributed by atoms with van der Waals surface area (Å²) in [6.07, 6.45) is 3.20. The summed E-state index contributed by atoms with van der Waals surface area (Å²) < 4.78 is 5.17. The SMILES string of the molecule is C=CCN(CCC(C)C)Cc1ccc(OC)cc1. The number of benzene rings is 1. The summed E-state index contributed by atoms with van der Waals surface area (Å²) in [4.78, 5) is 2.43. The average Bonchev–Trinajstić information content (AvgIpc) is 2.37. The topological polar surface area (TPSA) is 12.5 Å². The largest absolute Gasteiger partial charge is 0.497 e. The fourth-order valence-electron chi connectivity index (χ4n) is 1.85. The smallest absolute Gasteiger partial charge is 0.118 e. The molecule has 1 aromatic carbocycles. The Kier molecular flexibility index (Phi) is 6.51. The van der Waals surface area contributed by atoms with Gasteiger partial charge >= 0.3 is 0 Å². The number of nitrogens with zero attached hydrogens (tertiary/aromatic N) is 1. The first kappa shape index (κ1) is 14.8. The monoisotopic (exact) mass is 247 g/mol. The van der Waals surface area contributed by atoms with Gasteiger partial charge in [-0.3, -0.25) is 4.90 Å². The minimum absolute atomic E-state index is 0.744. The summed E-state index contributed by atoms with van der Waals surface area (Å²) in [7, 11) is 1.70. The van der Waals surface area contributed by atoms with E-state index in [2.05, 4.69) is 37.5 Å². The van der Waals surface area contributed by atoms with Crippen molar-refractivity contribution in [2.75, 3.05) is 20.2 Å². The molecule has 0 amide bonds. The van der Waals surface area contributed by atoms with E-state index >= 15 is 0 Å². The van der Waals surface area contributed by atoms with E-state index < -0.39 is 0 Å². The summed E-state index contributed by atoms with van der Waals surface area (Å²) in [5.74, 6) is 1.66. The summed E-state index contributed by atoms with van der Waals surface area (Å²) in [6, 6.07) is 8.29. The molecule has 0 N–H and O–H groups in total. The predicted molar refractivity (Wildman–Crippen MR) is 77.9 cm³/mol. The third-order valence-corrected chi connectivity index (χ3v) is 2.98. The first-order valence-corrected chi connectivity index (χ1v) is 6.62. The molecule has 0 heterocycles. The summed E-state index contributed by atoms with van der Waals surface area (Å²) in [5, 5.41) is 0. The van der Waals surface area contributed by atoms with Gasteiger partial charge < -0.3 is 4.74 Å². The molecule has 0 atom stereocenters. The van der Waals surface area contributed by atoms with Crippen LogP contribution in [0, 0.1) is 5.92 Å². The highest BCUT2D eigenvalue weighted by atomic mass is 16.5. The Bertz CT molecular complexity index is 343. The Balaban J connectivity index is 2.55. The van der Waals surface area contributed by atoms with Crippen molar-refractivity contribution in [2.45, 2.75) is 26.8 Å². The zero-order chi connectivity index (χ0) is 13.4. The highest BCUT2D eigenvalue weighted by Gasteiger charge is 2.05. The van der Waals surface area contributed by atoms with E-state index in [0.29, 0.717) is 0 Å². The molecule has 0 aromatic heterocycles. The lowest BCUT2D eigenvalue weighted by Crippen LogP contribution is -2.25. The van der Waals surface area contributed by atoms with E-state index in [1.54, 1.807) is 7.11 Å². The van der Waals surface area contributed by atoms with Crippen molar-refractivity contribution < 1.29 is 4.74 Å². The van der Waals surface area contributed by atoms with Gasteiger partial charge in [0.2, 0.25) is 0 Å². The molecular formula is C16H25NO. The van der Waals surface area contributed by atoms with E-state index in [-0.39, 0.29) is 0 Å². The maximum atomic E-state index is 5.17. The third-order valence-electron chi connectivity index (χ3n) is 2.98. The number of hydrogen-bond donors (Lipinski definition) is 0. The van der Waals surface area contributed by atoms with Crippen molar-refractivity contribution in [3.05, 3.63) is 42.5 Å². The second-order valence-electron chi connectivity index (χ2n) is 5.05. The van der Waals surface area contributed by atoms with Gasteiger partial charge in [0, 0.05) is 13.1 Å². The Hall–Kier alpha value is -1.28. The molecule has 100 valence electrons. The molecule has 0 fully saturated rings. The van der Waals surface area contributed by atoms with Gasteiger partial charge in [0.1, 0.15) is 5.75 Å². The number of ether oxygens (including phenoxy) is 1. The molecule has 0 radical (unpaired) electrons. The van der Waals surface area contributed by atoms with Gasteiger partial charge in [-0.2, -0.15) is 0 Å². The standard InChI is InChI=1S/C16H25NO/c1-5-11-17(12-10-14(2)3)13-15-6-8-16(18-4)9-7-15/h5-9,14H,1,10-13H2,2-4H3. The van der Waals surface area contributed by atoms with Crippen molar-refractivity contribution >= 4 is 0 Å². The van der Waals surface area contributed by atoms with Gasteiger partial charge in [-0.25, -0.2) is 0 Å². The summed E-state index contributed by atoms with van der Waals surface area (Å²) in [5.41, 5.74) is 1.32. The van der Waals surface area contributed by atoms with Crippen LogP contribution in [-0.2, 0) is 6.54 Å². The average molecular weight is 247 g/mol. The van der Waals surface area contributed by atoms with Crippen LogP contribution in [0.5, 0.6) is 5.75 Å². The normalized spacial score (nSPS) is 10.9. The Morgan fingerprint density at radius 1 is 1.28 bits per heavy atom. The van der Waals surface area contributed by atoms with Gasteiger partial charge in [0.15, 0.2) is 0 Å². The first-order valence-electron chi connectivity index (χ1n) is 6.62. The highest BCUT2D eigenvalue weighted by Crippen LogP contribution is 2.13. The predicted octanol–water partition coefficient (Wildman–Crippen LogP) is 3.73. The molecular weight excluding hydrogens is 222 g/mol.